The van der Waals surface area contributed by atoms with Crippen LogP contribution in [-0.4, -0.2) is 11.2 Å². The van der Waals surface area contributed by atoms with Gasteiger partial charge in [-0.05, 0) is 44.2 Å². The second-order valence-corrected chi connectivity index (χ2v) is 6.64. The maximum absolute atomic E-state index is 12.2. The van der Waals surface area contributed by atoms with Crippen LogP contribution in [0.5, 0.6) is 0 Å². The SMILES string of the molecule is Cc1ccc(SC(C)C(=O)Nc2cc(Cl)ccc2N)cc1. The minimum atomic E-state index is -0.230. The van der Waals surface area contributed by atoms with Gasteiger partial charge < -0.3 is 11.1 Å². The first kappa shape index (κ1) is 15.7. The number of carbonyl (C=O) groups excluding carboxylic acids is 1. The molecule has 5 heteroatoms. The highest BCUT2D eigenvalue weighted by molar-refractivity contribution is 8.00. The first-order valence-corrected chi connectivity index (χ1v) is 7.80. The predicted molar refractivity (Wildman–Crippen MR) is 91.0 cm³/mol. The van der Waals surface area contributed by atoms with Crippen molar-refractivity contribution >= 4 is 40.6 Å². The van der Waals surface area contributed by atoms with E-state index in [0.29, 0.717) is 16.4 Å². The number of nitrogen functional groups attached to an aromatic ring is 1. The van der Waals surface area contributed by atoms with Gasteiger partial charge in [0, 0.05) is 9.92 Å². The van der Waals surface area contributed by atoms with Gasteiger partial charge in [-0.15, -0.1) is 11.8 Å². The van der Waals surface area contributed by atoms with Crippen LogP contribution in [0, 0.1) is 6.92 Å². The van der Waals surface area contributed by atoms with Crippen molar-refractivity contribution in [3.05, 3.63) is 53.1 Å². The molecule has 0 aromatic heterocycles. The minimum absolute atomic E-state index is 0.102. The Labute approximate surface area is 133 Å². The van der Waals surface area contributed by atoms with Crippen LogP contribution in [0.4, 0.5) is 11.4 Å². The van der Waals surface area contributed by atoms with Crippen LogP contribution in [0.15, 0.2) is 47.4 Å². The third-order valence-corrected chi connectivity index (χ3v) is 4.32. The topological polar surface area (TPSA) is 55.1 Å². The number of aryl methyl sites for hydroxylation is 1. The van der Waals surface area contributed by atoms with E-state index in [1.165, 1.54) is 17.3 Å². The highest BCUT2D eigenvalue weighted by Gasteiger charge is 2.15. The normalized spacial score (nSPS) is 12.0. The minimum Gasteiger partial charge on any atom is -0.397 e. The van der Waals surface area contributed by atoms with Crippen molar-refractivity contribution < 1.29 is 4.79 Å². The molecule has 3 N–H and O–H groups in total. The molecule has 0 aliphatic carbocycles. The third kappa shape index (κ3) is 4.41. The van der Waals surface area contributed by atoms with Crippen molar-refractivity contribution in [3.63, 3.8) is 0 Å². The van der Waals surface area contributed by atoms with Crippen LogP contribution in [-0.2, 0) is 4.79 Å². The fourth-order valence-electron chi connectivity index (χ4n) is 1.75. The number of halogens is 1. The largest absolute Gasteiger partial charge is 0.397 e. The van der Waals surface area contributed by atoms with Crippen LogP contribution in [0.25, 0.3) is 0 Å². The van der Waals surface area contributed by atoms with Crippen molar-refractivity contribution in [1.82, 2.24) is 0 Å². The van der Waals surface area contributed by atoms with Crippen LogP contribution in [0.2, 0.25) is 5.02 Å². The van der Waals surface area contributed by atoms with Gasteiger partial charge in [-0.1, -0.05) is 29.3 Å². The van der Waals surface area contributed by atoms with Gasteiger partial charge in [-0.2, -0.15) is 0 Å². The van der Waals surface area contributed by atoms with E-state index in [1.807, 2.05) is 38.1 Å². The van der Waals surface area contributed by atoms with Gasteiger partial charge >= 0.3 is 0 Å². The smallest absolute Gasteiger partial charge is 0.237 e. The Kier molecular flexibility index (Phi) is 5.15. The van der Waals surface area contributed by atoms with Crippen LogP contribution in [0.3, 0.4) is 0 Å². The number of hydrogen-bond acceptors (Lipinski definition) is 3. The van der Waals surface area contributed by atoms with Crippen LogP contribution < -0.4 is 11.1 Å². The van der Waals surface area contributed by atoms with E-state index in [1.54, 1.807) is 18.2 Å². The lowest BCUT2D eigenvalue weighted by Gasteiger charge is -2.13. The molecule has 3 nitrogen and oxygen atoms in total. The summed E-state index contributed by atoms with van der Waals surface area (Å²) in [4.78, 5) is 13.3. The lowest BCUT2D eigenvalue weighted by Crippen LogP contribution is -2.22. The van der Waals surface area contributed by atoms with E-state index in [0.717, 1.165) is 4.90 Å². The summed E-state index contributed by atoms with van der Waals surface area (Å²) in [6.07, 6.45) is 0. The summed E-state index contributed by atoms with van der Waals surface area (Å²) in [7, 11) is 0. The first-order chi connectivity index (χ1) is 9.95. The van der Waals surface area contributed by atoms with Gasteiger partial charge in [0.25, 0.3) is 0 Å². The molecule has 0 fully saturated rings. The Morgan fingerprint density at radius 1 is 1.24 bits per heavy atom. The number of anilines is 2. The first-order valence-electron chi connectivity index (χ1n) is 6.55. The molecule has 2 rings (SSSR count). The highest BCUT2D eigenvalue weighted by Crippen LogP contribution is 2.27. The predicted octanol–water partition coefficient (Wildman–Crippen LogP) is 4.35. The van der Waals surface area contributed by atoms with E-state index in [-0.39, 0.29) is 11.2 Å². The molecule has 0 heterocycles. The Hall–Kier alpha value is -1.65. The molecule has 110 valence electrons. The van der Waals surface area contributed by atoms with Crippen molar-refractivity contribution in [3.8, 4) is 0 Å². The van der Waals surface area contributed by atoms with Crippen molar-refractivity contribution in [2.45, 2.75) is 24.0 Å². The molecule has 1 unspecified atom stereocenters. The number of benzene rings is 2. The molecule has 0 saturated heterocycles. The average Bonchev–Trinajstić information content (AvgIpc) is 2.45. The van der Waals surface area contributed by atoms with Crippen molar-refractivity contribution in [2.75, 3.05) is 11.1 Å². The number of nitrogens with two attached hydrogens (primary N) is 1. The zero-order valence-corrected chi connectivity index (χ0v) is 13.5. The molecule has 1 atom stereocenters. The quantitative estimate of drug-likeness (QED) is 0.650. The van der Waals surface area contributed by atoms with Crippen molar-refractivity contribution in [1.29, 1.82) is 0 Å². The third-order valence-electron chi connectivity index (χ3n) is 2.98. The van der Waals surface area contributed by atoms with Gasteiger partial charge in [0.1, 0.15) is 0 Å². The van der Waals surface area contributed by atoms with E-state index in [9.17, 15) is 4.79 Å². The highest BCUT2D eigenvalue weighted by atomic mass is 35.5. The Bertz CT molecular complexity index is 643. The summed E-state index contributed by atoms with van der Waals surface area (Å²) in [6.45, 7) is 3.90. The maximum Gasteiger partial charge on any atom is 0.237 e. The van der Waals surface area contributed by atoms with Gasteiger partial charge in [-0.3, -0.25) is 4.79 Å². The summed E-state index contributed by atoms with van der Waals surface area (Å²) in [6, 6.07) is 13.1. The molecule has 0 bridgehead atoms. The summed E-state index contributed by atoms with van der Waals surface area (Å²) >= 11 is 7.42. The number of thioether (sulfide) groups is 1. The molecule has 0 aliphatic rings. The molecule has 0 radical (unpaired) electrons. The summed E-state index contributed by atoms with van der Waals surface area (Å²) in [5.74, 6) is -0.102. The number of rotatable bonds is 4. The van der Waals surface area contributed by atoms with Gasteiger partial charge in [0.05, 0.1) is 16.6 Å². The van der Waals surface area contributed by atoms with E-state index in [4.69, 9.17) is 17.3 Å². The standard InChI is InChI=1S/C16H17ClN2OS/c1-10-3-6-13(7-4-10)21-11(2)16(20)19-15-9-12(17)5-8-14(15)18/h3-9,11H,18H2,1-2H3,(H,19,20). The number of hydrogen-bond donors (Lipinski definition) is 2. The van der Waals surface area contributed by atoms with E-state index in [2.05, 4.69) is 5.32 Å². The Balaban J connectivity index is 2.02. The zero-order chi connectivity index (χ0) is 15.4. The maximum atomic E-state index is 12.2. The molecule has 0 aliphatic heterocycles. The Morgan fingerprint density at radius 2 is 1.90 bits per heavy atom. The number of amides is 1. The molecule has 0 saturated carbocycles. The summed E-state index contributed by atoms with van der Waals surface area (Å²) < 4.78 is 0. The Morgan fingerprint density at radius 3 is 2.57 bits per heavy atom. The molecule has 1 amide bonds. The number of nitrogens with one attached hydrogen (secondary N) is 1. The van der Waals surface area contributed by atoms with Crippen molar-refractivity contribution in [2.24, 2.45) is 0 Å². The fraction of sp³-hybridized carbons (Fsp3) is 0.188. The van der Waals surface area contributed by atoms with Gasteiger partial charge in [0.15, 0.2) is 0 Å². The van der Waals surface area contributed by atoms with E-state index < -0.39 is 0 Å². The van der Waals surface area contributed by atoms with E-state index >= 15 is 0 Å². The van der Waals surface area contributed by atoms with Gasteiger partial charge in [0.2, 0.25) is 5.91 Å². The summed E-state index contributed by atoms with van der Waals surface area (Å²) in [5.41, 5.74) is 8.07. The monoisotopic (exact) mass is 320 g/mol. The number of carbonyl (C=O) groups is 1. The average molecular weight is 321 g/mol. The molecule has 2 aromatic carbocycles. The van der Waals surface area contributed by atoms with Gasteiger partial charge in [-0.25, -0.2) is 0 Å². The lowest BCUT2D eigenvalue weighted by atomic mass is 10.2. The zero-order valence-electron chi connectivity index (χ0n) is 11.9. The fourth-order valence-corrected chi connectivity index (χ4v) is 2.79. The molecular weight excluding hydrogens is 304 g/mol. The van der Waals surface area contributed by atoms with Crippen LogP contribution in [0.1, 0.15) is 12.5 Å². The second kappa shape index (κ2) is 6.87. The lowest BCUT2D eigenvalue weighted by molar-refractivity contribution is -0.115. The van der Waals surface area contributed by atoms with Crippen LogP contribution >= 0.6 is 23.4 Å². The second-order valence-electron chi connectivity index (χ2n) is 4.79. The molecule has 0 spiro atoms. The summed E-state index contributed by atoms with van der Waals surface area (Å²) in [5, 5.41) is 3.12. The molecule has 2 aromatic rings. The molecular formula is C16H17ClN2OS. The molecule has 21 heavy (non-hydrogen) atoms.